The highest BCUT2D eigenvalue weighted by Crippen LogP contribution is 2.34. The molecule has 0 N–H and O–H groups in total. The predicted molar refractivity (Wildman–Crippen MR) is 128 cm³/mol. The Morgan fingerprint density at radius 2 is 1.58 bits per heavy atom. The number of hydrogen-bond acceptors (Lipinski definition) is 6. The van der Waals surface area contributed by atoms with E-state index >= 15 is 0 Å². The third kappa shape index (κ3) is 5.60. The number of thioether (sulfide) groups is 1. The Morgan fingerprint density at radius 3 is 2.29 bits per heavy atom. The fourth-order valence-electron chi connectivity index (χ4n) is 3.45. The van der Waals surface area contributed by atoms with Gasteiger partial charge in [-0.25, -0.2) is 9.97 Å². The number of hydrogen-bond donors (Lipinski definition) is 0. The second-order valence-electron chi connectivity index (χ2n) is 7.53. The number of anilines is 1. The first-order valence-corrected chi connectivity index (χ1v) is 12.2. The Balaban J connectivity index is 1.32. The highest BCUT2D eigenvalue weighted by molar-refractivity contribution is 8.02. The quantitative estimate of drug-likeness (QED) is 0.508. The van der Waals surface area contributed by atoms with E-state index in [1.54, 1.807) is 24.2 Å². The molecule has 160 valence electrons. The lowest BCUT2D eigenvalue weighted by Gasteiger charge is -2.36. The van der Waals surface area contributed by atoms with Crippen molar-refractivity contribution in [1.82, 2.24) is 14.9 Å². The highest BCUT2D eigenvalue weighted by Gasteiger charge is 2.22. The van der Waals surface area contributed by atoms with Crippen LogP contribution in [0.1, 0.15) is 11.1 Å². The molecule has 0 bridgehead atoms. The summed E-state index contributed by atoms with van der Waals surface area (Å²) in [5, 5.41) is 1.65. The number of aryl methyl sites for hydroxylation is 2. The van der Waals surface area contributed by atoms with E-state index in [0.29, 0.717) is 5.75 Å². The smallest absolute Gasteiger partial charge is 0.233 e. The van der Waals surface area contributed by atoms with Crippen LogP contribution in [0, 0.1) is 13.8 Å². The molecule has 2 heterocycles. The molecule has 1 aliphatic rings. The second-order valence-corrected chi connectivity index (χ2v) is 9.52. The molecule has 1 fully saturated rings. The fourth-order valence-corrected chi connectivity index (χ4v) is 5.34. The number of benzene rings is 2. The molecule has 5 nitrogen and oxygen atoms in total. The van der Waals surface area contributed by atoms with E-state index in [0.717, 1.165) is 41.1 Å². The molecule has 3 aromatic rings. The third-order valence-electron chi connectivity index (χ3n) is 5.30. The van der Waals surface area contributed by atoms with Crippen LogP contribution < -0.4 is 4.90 Å². The summed E-state index contributed by atoms with van der Waals surface area (Å²) in [7, 11) is 0. The van der Waals surface area contributed by atoms with Crippen LogP contribution in [0.4, 0.5) is 5.69 Å². The number of piperazine rings is 1. The molecule has 1 aromatic heterocycles. The van der Waals surface area contributed by atoms with Crippen LogP contribution in [-0.2, 0) is 4.79 Å². The Kier molecular flexibility index (Phi) is 7.14. The van der Waals surface area contributed by atoms with Gasteiger partial charge in [-0.05, 0) is 37.6 Å². The average molecular weight is 451 g/mol. The van der Waals surface area contributed by atoms with Gasteiger partial charge >= 0.3 is 0 Å². The van der Waals surface area contributed by atoms with E-state index in [9.17, 15) is 4.79 Å². The van der Waals surface area contributed by atoms with Gasteiger partial charge in [-0.15, -0.1) is 0 Å². The fraction of sp³-hybridized carbons (Fsp3) is 0.292. The topological polar surface area (TPSA) is 49.3 Å². The van der Waals surface area contributed by atoms with Crippen molar-refractivity contribution in [3.63, 3.8) is 0 Å². The zero-order valence-electron chi connectivity index (χ0n) is 17.8. The van der Waals surface area contributed by atoms with Gasteiger partial charge in [-0.3, -0.25) is 4.79 Å². The summed E-state index contributed by atoms with van der Waals surface area (Å²) in [6.07, 6.45) is 3.39. The van der Waals surface area contributed by atoms with Crippen molar-refractivity contribution >= 4 is 35.1 Å². The van der Waals surface area contributed by atoms with Gasteiger partial charge < -0.3 is 9.80 Å². The summed E-state index contributed by atoms with van der Waals surface area (Å²) in [5.41, 5.74) is 3.69. The minimum atomic E-state index is 0.158. The third-order valence-corrected chi connectivity index (χ3v) is 7.56. The summed E-state index contributed by atoms with van der Waals surface area (Å²) < 4.78 is 0. The van der Waals surface area contributed by atoms with Gasteiger partial charge in [0.1, 0.15) is 10.1 Å². The van der Waals surface area contributed by atoms with Crippen molar-refractivity contribution in [1.29, 1.82) is 0 Å². The molecule has 7 heteroatoms. The number of carbonyl (C=O) groups is 1. The molecule has 0 radical (unpaired) electrons. The molecule has 0 aliphatic carbocycles. The van der Waals surface area contributed by atoms with Crippen molar-refractivity contribution in [2.45, 2.75) is 28.8 Å². The van der Waals surface area contributed by atoms with E-state index < -0.39 is 0 Å². The standard InChI is InChI=1S/C24H26N4OS2/c1-18-7-9-20(10-8-18)27-13-15-28(16-14-27)22(29)17-30-23-24(26-12-11-25-23)31-21-6-4-3-5-19(21)2/h3-12H,13-17H2,1-2H3. The van der Waals surface area contributed by atoms with Crippen LogP contribution in [0.15, 0.2) is 75.9 Å². The van der Waals surface area contributed by atoms with Gasteiger partial charge in [-0.1, -0.05) is 59.4 Å². The SMILES string of the molecule is Cc1ccc(N2CCN(C(=O)CSc3nccnc3Sc3ccccc3C)CC2)cc1. The van der Waals surface area contributed by atoms with Gasteiger partial charge in [0.05, 0.1) is 5.75 Å². The molecular weight excluding hydrogens is 424 g/mol. The zero-order chi connectivity index (χ0) is 21.6. The second kappa shape index (κ2) is 10.2. The first-order chi connectivity index (χ1) is 15.1. The first kappa shape index (κ1) is 21.7. The molecule has 4 rings (SSSR count). The van der Waals surface area contributed by atoms with Crippen molar-refractivity contribution in [2.24, 2.45) is 0 Å². The van der Waals surface area contributed by atoms with Gasteiger partial charge in [0, 0.05) is 49.2 Å². The van der Waals surface area contributed by atoms with Gasteiger partial charge in [0.15, 0.2) is 0 Å². The van der Waals surface area contributed by atoms with Gasteiger partial charge in [0.2, 0.25) is 5.91 Å². The lowest BCUT2D eigenvalue weighted by atomic mass is 10.2. The van der Waals surface area contributed by atoms with Gasteiger partial charge in [0.25, 0.3) is 0 Å². The number of nitrogens with zero attached hydrogens (tertiary/aromatic N) is 4. The van der Waals surface area contributed by atoms with E-state index in [4.69, 9.17) is 0 Å². The van der Waals surface area contributed by atoms with E-state index in [-0.39, 0.29) is 5.91 Å². The number of rotatable bonds is 6. The Hall–Kier alpha value is -2.51. The monoisotopic (exact) mass is 450 g/mol. The average Bonchev–Trinajstić information content (AvgIpc) is 2.80. The number of aromatic nitrogens is 2. The molecule has 0 atom stereocenters. The summed E-state index contributed by atoms with van der Waals surface area (Å²) >= 11 is 3.07. The first-order valence-electron chi connectivity index (χ1n) is 10.4. The van der Waals surface area contributed by atoms with Crippen LogP contribution in [0.3, 0.4) is 0 Å². The Labute approximate surface area is 192 Å². The van der Waals surface area contributed by atoms with E-state index in [1.165, 1.54) is 28.6 Å². The summed E-state index contributed by atoms with van der Waals surface area (Å²) in [4.78, 5) is 27.3. The maximum atomic E-state index is 12.8. The Bertz CT molecular complexity index is 1030. The maximum absolute atomic E-state index is 12.8. The molecule has 0 spiro atoms. The van der Waals surface area contributed by atoms with Crippen LogP contribution >= 0.6 is 23.5 Å². The predicted octanol–water partition coefficient (Wildman–Crippen LogP) is 4.69. The lowest BCUT2D eigenvalue weighted by Crippen LogP contribution is -2.49. The van der Waals surface area contributed by atoms with Crippen molar-refractivity contribution in [3.8, 4) is 0 Å². The molecule has 1 amide bonds. The lowest BCUT2D eigenvalue weighted by molar-refractivity contribution is -0.128. The maximum Gasteiger partial charge on any atom is 0.233 e. The van der Waals surface area contributed by atoms with Crippen LogP contribution in [0.25, 0.3) is 0 Å². The van der Waals surface area contributed by atoms with Crippen LogP contribution in [0.2, 0.25) is 0 Å². The van der Waals surface area contributed by atoms with Gasteiger partial charge in [-0.2, -0.15) is 0 Å². The molecule has 1 saturated heterocycles. The van der Waals surface area contributed by atoms with Crippen LogP contribution in [0.5, 0.6) is 0 Å². The molecule has 2 aromatic carbocycles. The van der Waals surface area contributed by atoms with E-state index in [2.05, 4.69) is 65.1 Å². The summed E-state index contributed by atoms with van der Waals surface area (Å²) in [6, 6.07) is 16.8. The van der Waals surface area contributed by atoms with E-state index in [1.807, 2.05) is 17.0 Å². The number of carbonyl (C=O) groups excluding carboxylic acids is 1. The molecular formula is C24H26N4OS2. The molecule has 1 aliphatic heterocycles. The van der Waals surface area contributed by atoms with Crippen molar-refractivity contribution < 1.29 is 4.79 Å². The number of amides is 1. The molecule has 0 saturated carbocycles. The molecule has 0 unspecified atom stereocenters. The van der Waals surface area contributed by atoms with Crippen molar-refractivity contribution in [2.75, 3.05) is 36.8 Å². The summed E-state index contributed by atoms with van der Waals surface area (Å²) in [5.74, 6) is 0.538. The van der Waals surface area contributed by atoms with Crippen LogP contribution in [-0.4, -0.2) is 52.7 Å². The normalized spacial score (nSPS) is 14.0. The Morgan fingerprint density at radius 1 is 0.903 bits per heavy atom. The zero-order valence-corrected chi connectivity index (χ0v) is 19.5. The molecule has 31 heavy (non-hydrogen) atoms. The highest BCUT2D eigenvalue weighted by atomic mass is 32.2. The largest absolute Gasteiger partial charge is 0.368 e. The minimum Gasteiger partial charge on any atom is -0.368 e. The summed E-state index contributed by atoms with van der Waals surface area (Å²) in [6.45, 7) is 7.40. The minimum absolute atomic E-state index is 0.158. The van der Waals surface area contributed by atoms with Crippen molar-refractivity contribution in [3.05, 3.63) is 72.1 Å².